The summed E-state index contributed by atoms with van der Waals surface area (Å²) >= 11 is 0. The minimum absolute atomic E-state index is 0.0867. The lowest BCUT2D eigenvalue weighted by atomic mass is 9.85. The number of halogens is 3. The second-order valence-corrected chi connectivity index (χ2v) is 7.88. The van der Waals surface area contributed by atoms with Crippen molar-refractivity contribution < 1.29 is 22.8 Å². The number of fused-ring (bicyclic) bond motifs is 5. The molecule has 3 aliphatic rings. The Balaban J connectivity index is 1.26. The fourth-order valence-electron chi connectivity index (χ4n) is 4.69. The van der Waals surface area contributed by atoms with Crippen LogP contribution < -0.4 is 10.6 Å². The Morgan fingerprint density at radius 2 is 1.67 bits per heavy atom. The summed E-state index contributed by atoms with van der Waals surface area (Å²) in [5.41, 5.74) is -0.0197. The predicted molar refractivity (Wildman–Crippen MR) is 104 cm³/mol. The molecule has 0 aromatic heterocycles. The molecule has 30 heavy (non-hydrogen) atoms. The van der Waals surface area contributed by atoms with Crippen molar-refractivity contribution in [3.8, 4) is 0 Å². The first-order chi connectivity index (χ1) is 14.3. The fraction of sp³-hybridized carbons (Fsp3) is 0.476. The highest BCUT2D eigenvalue weighted by Crippen LogP contribution is 2.52. The van der Waals surface area contributed by atoms with Crippen LogP contribution in [-0.2, 0) is 22.3 Å². The van der Waals surface area contributed by atoms with Gasteiger partial charge in [0.25, 0.3) is 0 Å². The topological polar surface area (TPSA) is 73.8 Å². The number of carbonyl (C=O) groups excluding carboxylic acids is 2. The van der Waals surface area contributed by atoms with Crippen molar-refractivity contribution in [2.75, 3.05) is 20.1 Å². The Hall–Kier alpha value is -2.84. The van der Waals surface area contributed by atoms with Gasteiger partial charge in [0, 0.05) is 26.7 Å². The van der Waals surface area contributed by atoms with Crippen LogP contribution in [0.25, 0.3) is 0 Å². The van der Waals surface area contributed by atoms with Crippen molar-refractivity contribution in [1.82, 2.24) is 15.5 Å². The summed E-state index contributed by atoms with van der Waals surface area (Å²) in [6, 6.07) is 4.89. The number of rotatable bonds is 5. The predicted octanol–water partition coefficient (Wildman–Crippen LogP) is 2.18. The van der Waals surface area contributed by atoms with Gasteiger partial charge < -0.3 is 10.6 Å². The van der Waals surface area contributed by atoms with Crippen LogP contribution in [0, 0.1) is 23.7 Å². The van der Waals surface area contributed by atoms with E-state index in [2.05, 4.69) is 27.8 Å². The average molecular weight is 420 g/mol. The van der Waals surface area contributed by atoms with E-state index in [-0.39, 0.29) is 42.0 Å². The van der Waals surface area contributed by atoms with Gasteiger partial charge in [-0.1, -0.05) is 24.3 Å². The number of allylic oxidation sites excluding steroid dienone is 2. The fourth-order valence-corrected chi connectivity index (χ4v) is 4.69. The van der Waals surface area contributed by atoms with E-state index in [1.165, 1.54) is 17.0 Å². The van der Waals surface area contributed by atoms with Gasteiger partial charge in [-0.3, -0.25) is 19.5 Å². The maximum absolute atomic E-state index is 12.7. The molecule has 1 saturated carbocycles. The number of benzene rings is 1. The first-order valence-corrected chi connectivity index (χ1v) is 9.94. The molecule has 4 unspecified atom stereocenters. The zero-order chi connectivity index (χ0) is 21.5. The first-order valence-electron chi connectivity index (χ1n) is 9.94. The van der Waals surface area contributed by atoms with Gasteiger partial charge in [0.2, 0.25) is 11.8 Å². The number of imide groups is 1. The van der Waals surface area contributed by atoms with Crippen molar-refractivity contribution >= 4 is 17.8 Å². The smallest absolute Gasteiger partial charge is 0.355 e. The maximum Gasteiger partial charge on any atom is 0.416 e. The highest BCUT2D eigenvalue weighted by Gasteiger charge is 2.58. The third kappa shape index (κ3) is 3.68. The molecule has 2 fully saturated rings. The largest absolute Gasteiger partial charge is 0.416 e. The normalized spacial score (nSPS) is 27.7. The summed E-state index contributed by atoms with van der Waals surface area (Å²) < 4.78 is 37.9. The Kier molecular flexibility index (Phi) is 5.29. The molecule has 2 bridgehead atoms. The van der Waals surface area contributed by atoms with E-state index in [0.29, 0.717) is 24.6 Å². The van der Waals surface area contributed by atoms with Crippen LogP contribution in [0.3, 0.4) is 0 Å². The molecule has 1 saturated heterocycles. The number of alkyl halides is 3. The molecule has 4 rings (SSSR count). The van der Waals surface area contributed by atoms with Crippen molar-refractivity contribution in [2.45, 2.75) is 19.1 Å². The van der Waals surface area contributed by atoms with Gasteiger partial charge in [0.15, 0.2) is 5.96 Å². The van der Waals surface area contributed by atoms with E-state index in [4.69, 9.17) is 0 Å². The van der Waals surface area contributed by atoms with Gasteiger partial charge in [-0.2, -0.15) is 13.2 Å². The van der Waals surface area contributed by atoms with E-state index >= 15 is 0 Å². The second-order valence-electron chi connectivity index (χ2n) is 7.88. The van der Waals surface area contributed by atoms with Crippen LogP contribution in [0.2, 0.25) is 0 Å². The maximum atomic E-state index is 12.7. The second kappa shape index (κ2) is 7.77. The Morgan fingerprint density at radius 3 is 2.20 bits per heavy atom. The molecule has 2 amide bonds. The summed E-state index contributed by atoms with van der Waals surface area (Å²) in [5.74, 6) is 0.234. The van der Waals surface area contributed by atoms with E-state index in [9.17, 15) is 22.8 Å². The molecule has 1 aromatic rings. The van der Waals surface area contributed by atoms with Gasteiger partial charge in [-0.25, -0.2) is 0 Å². The van der Waals surface area contributed by atoms with Crippen LogP contribution >= 0.6 is 0 Å². The minimum atomic E-state index is -4.36. The number of amides is 2. The molecule has 2 aliphatic carbocycles. The Labute approximate surface area is 172 Å². The third-order valence-corrected chi connectivity index (χ3v) is 6.15. The van der Waals surface area contributed by atoms with Gasteiger partial charge in [0.05, 0.1) is 17.4 Å². The van der Waals surface area contributed by atoms with Crippen LogP contribution in [0.4, 0.5) is 13.2 Å². The van der Waals surface area contributed by atoms with Gasteiger partial charge in [-0.05, 0) is 36.0 Å². The standard InChI is InChI=1S/C21H23F3N4O2/c1-25-20(27-11-12-2-6-15(7-3-12)21(22,23)24)26-8-9-28-18(29)16-13-4-5-14(10-13)17(16)19(28)30/h2-7,13-14,16-17H,8-11H2,1H3,(H2,25,26,27). The molecule has 6 nitrogen and oxygen atoms in total. The van der Waals surface area contributed by atoms with E-state index in [1.807, 2.05) is 0 Å². The molecular formula is C21H23F3N4O2. The van der Waals surface area contributed by atoms with Crippen molar-refractivity contribution in [1.29, 1.82) is 0 Å². The zero-order valence-corrected chi connectivity index (χ0v) is 16.4. The van der Waals surface area contributed by atoms with Crippen LogP contribution in [0.1, 0.15) is 17.5 Å². The summed E-state index contributed by atoms with van der Waals surface area (Å²) in [6.07, 6.45) is 0.666. The Morgan fingerprint density at radius 1 is 1.07 bits per heavy atom. The average Bonchev–Trinajstić information content (AvgIpc) is 3.39. The monoisotopic (exact) mass is 420 g/mol. The number of nitrogens with one attached hydrogen (secondary N) is 2. The zero-order valence-electron chi connectivity index (χ0n) is 16.4. The highest BCUT2D eigenvalue weighted by atomic mass is 19.4. The van der Waals surface area contributed by atoms with Gasteiger partial charge in [-0.15, -0.1) is 0 Å². The van der Waals surface area contributed by atoms with Crippen molar-refractivity contribution in [3.05, 3.63) is 47.5 Å². The van der Waals surface area contributed by atoms with Crippen LogP contribution in [-0.4, -0.2) is 42.8 Å². The minimum Gasteiger partial charge on any atom is -0.355 e. The summed E-state index contributed by atoms with van der Waals surface area (Å²) in [7, 11) is 1.57. The molecule has 1 aliphatic heterocycles. The number of guanidine groups is 1. The van der Waals surface area contributed by atoms with E-state index < -0.39 is 11.7 Å². The summed E-state index contributed by atoms with van der Waals surface area (Å²) in [4.78, 5) is 30.7. The van der Waals surface area contributed by atoms with Crippen molar-refractivity contribution in [2.24, 2.45) is 28.7 Å². The molecule has 4 atom stereocenters. The van der Waals surface area contributed by atoms with Crippen LogP contribution in [0.15, 0.2) is 41.4 Å². The number of likely N-dealkylation sites (tertiary alicyclic amines) is 1. The van der Waals surface area contributed by atoms with Crippen LogP contribution in [0.5, 0.6) is 0 Å². The molecular weight excluding hydrogens is 397 g/mol. The highest BCUT2D eigenvalue weighted by molar-refractivity contribution is 6.06. The number of carbonyl (C=O) groups is 2. The Bertz CT molecular complexity index is 865. The summed E-state index contributed by atoms with van der Waals surface area (Å²) in [6.45, 7) is 0.885. The first kappa shape index (κ1) is 20.4. The molecule has 1 heterocycles. The third-order valence-electron chi connectivity index (χ3n) is 6.15. The SMILES string of the molecule is CN=C(NCCN1C(=O)C2C3C=CC(C3)C2C1=O)NCc1ccc(C(F)(F)F)cc1. The van der Waals surface area contributed by atoms with E-state index in [1.54, 1.807) is 7.05 Å². The molecule has 0 spiro atoms. The molecule has 0 radical (unpaired) electrons. The number of aliphatic imine (C=N–C) groups is 1. The lowest BCUT2D eigenvalue weighted by molar-refractivity contribution is -0.140. The lowest BCUT2D eigenvalue weighted by Gasteiger charge is -2.18. The number of hydrogen-bond donors (Lipinski definition) is 2. The molecule has 9 heteroatoms. The number of hydrogen-bond acceptors (Lipinski definition) is 3. The van der Waals surface area contributed by atoms with Gasteiger partial charge >= 0.3 is 6.18 Å². The van der Waals surface area contributed by atoms with Gasteiger partial charge in [0.1, 0.15) is 0 Å². The number of nitrogens with zero attached hydrogens (tertiary/aromatic N) is 2. The molecule has 2 N–H and O–H groups in total. The molecule has 1 aromatic carbocycles. The summed E-state index contributed by atoms with van der Waals surface area (Å²) in [5, 5.41) is 6.06. The quantitative estimate of drug-likeness (QED) is 0.332. The van der Waals surface area contributed by atoms with Crippen molar-refractivity contribution in [3.63, 3.8) is 0 Å². The van der Waals surface area contributed by atoms with E-state index in [0.717, 1.165) is 18.6 Å². The lowest BCUT2D eigenvalue weighted by Crippen LogP contribution is -2.43. The molecule has 160 valence electrons.